The van der Waals surface area contributed by atoms with Crippen molar-refractivity contribution in [1.82, 2.24) is 0 Å². The van der Waals surface area contributed by atoms with Gasteiger partial charge >= 0.3 is 0 Å². The fourth-order valence-electron chi connectivity index (χ4n) is 2.89. The summed E-state index contributed by atoms with van der Waals surface area (Å²) in [5.74, 6) is 0. The van der Waals surface area contributed by atoms with E-state index in [0.717, 1.165) is 78.5 Å². The number of hydrogen-bond donors (Lipinski definition) is 0. The van der Waals surface area contributed by atoms with Gasteiger partial charge in [-0.2, -0.15) is 0 Å². The largest absolute Gasteiger partial charge is 0.381 e. The Morgan fingerprint density at radius 1 is 0.355 bits per heavy atom. The highest BCUT2D eigenvalue weighted by atomic mass is 16.5. The minimum absolute atomic E-state index is 0.667. The molecular formula is C26H38O5. The molecule has 0 aliphatic rings. The normalized spacial score (nSPS) is 11.1. The number of benzene rings is 2. The Kier molecular flexibility index (Phi) is 15.6. The Labute approximate surface area is 187 Å². The maximum Gasteiger partial charge on any atom is 0.0716 e. The van der Waals surface area contributed by atoms with Crippen molar-refractivity contribution >= 4 is 0 Å². The van der Waals surface area contributed by atoms with Crippen LogP contribution in [0.1, 0.15) is 36.8 Å². The van der Waals surface area contributed by atoms with Crippen LogP contribution in [-0.2, 0) is 36.9 Å². The summed E-state index contributed by atoms with van der Waals surface area (Å²) in [5, 5.41) is 0. The van der Waals surface area contributed by atoms with Gasteiger partial charge in [0.1, 0.15) is 0 Å². The third-order valence-electron chi connectivity index (χ3n) is 4.53. The maximum absolute atomic E-state index is 5.63. The third kappa shape index (κ3) is 14.8. The lowest BCUT2D eigenvalue weighted by Crippen LogP contribution is -2.07. The molecule has 0 saturated heterocycles. The fraction of sp³-hybridized carbons (Fsp3) is 0.538. The van der Waals surface area contributed by atoms with Gasteiger partial charge in [-0.3, -0.25) is 0 Å². The van der Waals surface area contributed by atoms with Crippen LogP contribution < -0.4 is 0 Å². The molecule has 0 radical (unpaired) electrons. The minimum atomic E-state index is 0.667. The zero-order valence-corrected chi connectivity index (χ0v) is 18.7. The van der Waals surface area contributed by atoms with Gasteiger partial charge in [-0.1, -0.05) is 60.7 Å². The molecule has 0 unspecified atom stereocenters. The van der Waals surface area contributed by atoms with E-state index in [4.69, 9.17) is 23.7 Å². The molecule has 0 saturated carbocycles. The quantitative estimate of drug-likeness (QED) is 0.276. The van der Waals surface area contributed by atoms with E-state index in [9.17, 15) is 0 Å². The summed E-state index contributed by atoms with van der Waals surface area (Å²) < 4.78 is 28.1. The summed E-state index contributed by atoms with van der Waals surface area (Å²) in [7, 11) is 0. The molecule has 0 amide bonds. The lowest BCUT2D eigenvalue weighted by atomic mass is 10.2. The molecule has 0 heterocycles. The first-order chi connectivity index (χ1) is 15.4. The average Bonchev–Trinajstić information content (AvgIpc) is 2.82. The molecule has 0 aliphatic heterocycles. The predicted molar refractivity (Wildman–Crippen MR) is 123 cm³/mol. The van der Waals surface area contributed by atoms with Gasteiger partial charge in [0.25, 0.3) is 0 Å². The monoisotopic (exact) mass is 430 g/mol. The number of hydrogen-bond acceptors (Lipinski definition) is 5. The molecule has 0 atom stereocenters. The second-order valence-corrected chi connectivity index (χ2v) is 7.33. The molecule has 172 valence electrons. The Morgan fingerprint density at radius 2 is 0.645 bits per heavy atom. The van der Waals surface area contributed by atoms with Gasteiger partial charge in [0.2, 0.25) is 0 Å². The molecule has 5 nitrogen and oxygen atoms in total. The van der Waals surface area contributed by atoms with Crippen molar-refractivity contribution in [3.63, 3.8) is 0 Å². The van der Waals surface area contributed by atoms with Crippen molar-refractivity contribution in [2.45, 2.75) is 38.9 Å². The number of rotatable bonds is 20. The minimum Gasteiger partial charge on any atom is -0.381 e. The van der Waals surface area contributed by atoms with Crippen LogP contribution in [0.25, 0.3) is 0 Å². The van der Waals surface area contributed by atoms with E-state index in [-0.39, 0.29) is 0 Å². The highest BCUT2D eigenvalue weighted by molar-refractivity contribution is 5.14. The van der Waals surface area contributed by atoms with Gasteiger partial charge in [0.15, 0.2) is 0 Å². The Balaban J connectivity index is 1.22. The van der Waals surface area contributed by atoms with Crippen LogP contribution in [0.15, 0.2) is 60.7 Å². The van der Waals surface area contributed by atoms with E-state index < -0.39 is 0 Å². The second-order valence-electron chi connectivity index (χ2n) is 7.33. The molecular weight excluding hydrogens is 392 g/mol. The van der Waals surface area contributed by atoms with E-state index in [1.165, 1.54) is 11.1 Å². The van der Waals surface area contributed by atoms with Crippen LogP contribution in [-0.4, -0.2) is 52.9 Å². The zero-order chi connectivity index (χ0) is 21.7. The topological polar surface area (TPSA) is 46.2 Å². The predicted octanol–water partition coefficient (Wildman–Crippen LogP) is 5.03. The third-order valence-corrected chi connectivity index (χ3v) is 4.53. The molecule has 5 heteroatoms. The van der Waals surface area contributed by atoms with Crippen LogP contribution in [0.4, 0.5) is 0 Å². The molecule has 0 bridgehead atoms. The van der Waals surface area contributed by atoms with Crippen molar-refractivity contribution in [3.8, 4) is 0 Å². The lowest BCUT2D eigenvalue weighted by Gasteiger charge is -2.07. The van der Waals surface area contributed by atoms with Crippen LogP contribution in [0.2, 0.25) is 0 Å². The molecule has 0 aromatic heterocycles. The average molecular weight is 431 g/mol. The molecule has 0 aliphatic carbocycles. The van der Waals surface area contributed by atoms with E-state index in [1.54, 1.807) is 0 Å². The van der Waals surface area contributed by atoms with Gasteiger partial charge < -0.3 is 23.7 Å². The fourth-order valence-corrected chi connectivity index (χ4v) is 2.89. The Hall–Kier alpha value is -1.76. The van der Waals surface area contributed by atoms with Crippen molar-refractivity contribution in [1.29, 1.82) is 0 Å². The highest BCUT2D eigenvalue weighted by Crippen LogP contribution is 2.02. The van der Waals surface area contributed by atoms with Crippen LogP contribution in [0.3, 0.4) is 0 Å². The summed E-state index contributed by atoms with van der Waals surface area (Å²) in [5.41, 5.74) is 2.41. The smallest absolute Gasteiger partial charge is 0.0716 e. The second kappa shape index (κ2) is 19.0. The van der Waals surface area contributed by atoms with Crippen molar-refractivity contribution in [2.24, 2.45) is 0 Å². The van der Waals surface area contributed by atoms with Crippen LogP contribution in [0, 0.1) is 0 Å². The molecule has 0 fully saturated rings. The van der Waals surface area contributed by atoms with E-state index in [1.807, 2.05) is 36.4 Å². The molecule has 2 aromatic carbocycles. The SMILES string of the molecule is c1ccc(COCCCOCCCOCCCOCCCOCc2ccccc2)cc1. The summed E-state index contributed by atoms with van der Waals surface area (Å²) >= 11 is 0. The molecule has 0 N–H and O–H groups in total. The van der Waals surface area contributed by atoms with Gasteiger partial charge in [0.05, 0.1) is 13.2 Å². The van der Waals surface area contributed by atoms with E-state index in [0.29, 0.717) is 13.2 Å². The van der Waals surface area contributed by atoms with Gasteiger partial charge in [-0.25, -0.2) is 0 Å². The van der Waals surface area contributed by atoms with Gasteiger partial charge in [-0.15, -0.1) is 0 Å². The first-order valence-corrected chi connectivity index (χ1v) is 11.4. The van der Waals surface area contributed by atoms with Crippen molar-refractivity contribution in [3.05, 3.63) is 71.8 Å². The van der Waals surface area contributed by atoms with Crippen LogP contribution in [0.5, 0.6) is 0 Å². The Bertz CT molecular complexity index is 565. The summed E-state index contributed by atoms with van der Waals surface area (Å²) in [6, 6.07) is 20.4. The highest BCUT2D eigenvalue weighted by Gasteiger charge is 1.96. The summed E-state index contributed by atoms with van der Waals surface area (Å²) in [6.45, 7) is 7.19. The maximum atomic E-state index is 5.63. The first-order valence-electron chi connectivity index (χ1n) is 11.4. The number of ether oxygens (including phenoxy) is 5. The van der Waals surface area contributed by atoms with Crippen molar-refractivity contribution < 1.29 is 23.7 Å². The van der Waals surface area contributed by atoms with Gasteiger partial charge in [-0.05, 0) is 36.8 Å². The summed E-state index contributed by atoms with van der Waals surface area (Å²) in [4.78, 5) is 0. The molecule has 2 aromatic rings. The van der Waals surface area contributed by atoms with E-state index >= 15 is 0 Å². The van der Waals surface area contributed by atoms with Crippen molar-refractivity contribution in [2.75, 3.05) is 52.9 Å². The molecule has 2 rings (SSSR count). The van der Waals surface area contributed by atoms with Gasteiger partial charge in [0, 0.05) is 52.9 Å². The Morgan fingerprint density at radius 3 is 0.968 bits per heavy atom. The standard InChI is InChI=1S/C26H38O5/c1-3-11-25(12-4-1)23-30-21-9-19-28-17-7-15-27-16-8-18-29-20-10-22-31-24-26-13-5-2-6-14-26/h1-6,11-14H,7-10,15-24H2. The lowest BCUT2D eigenvalue weighted by molar-refractivity contribution is 0.0465. The zero-order valence-electron chi connectivity index (χ0n) is 18.7. The first kappa shape index (κ1) is 25.5. The van der Waals surface area contributed by atoms with E-state index in [2.05, 4.69) is 24.3 Å². The van der Waals surface area contributed by atoms with Crippen LogP contribution >= 0.6 is 0 Å². The summed E-state index contributed by atoms with van der Waals surface area (Å²) in [6.07, 6.45) is 3.68. The molecule has 31 heavy (non-hydrogen) atoms. The molecule has 0 spiro atoms.